The van der Waals surface area contributed by atoms with Gasteiger partial charge in [0, 0.05) is 25.6 Å². The summed E-state index contributed by atoms with van der Waals surface area (Å²) in [6.07, 6.45) is 3.74. The highest BCUT2D eigenvalue weighted by Crippen LogP contribution is 2.23. The maximum absolute atomic E-state index is 13.8. The van der Waals surface area contributed by atoms with Gasteiger partial charge in [0.2, 0.25) is 0 Å². The molecule has 5 nitrogen and oxygen atoms in total. The number of ether oxygens (including phenoxy) is 1. The molecule has 6 heteroatoms. The number of benzene rings is 1. The van der Waals surface area contributed by atoms with Crippen molar-refractivity contribution in [1.82, 2.24) is 14.9 Å². The van der Waals surface area contributed by atoms with Gasteiger partial charge in [-0.25, -0.2) is 14.4 Å². The second-order valence-corrected chi connectivity index (χ2v) is 6.02. The second kappa shape index (κ2) is 7.66. The minimum absolute atomic E-state index is 0.306. The summed E-state index contributed by atoms with van der Waals surface area (Å²) in [6, 6.07) is 4.98. The lowest BCUT2D eigenvalue weighted by atomic mass is 9.97. The Hall–Kier alpha value is -1.79. The van der Waals surface area contributed by atoms with Crippen LogP contribution in [0, 0.1) is 11.7 Å². The standard InChI is InChI=1S/C17H23FN4O/c1-23-10-9-22-7-5-13(6-8-22)11-19-17-14-3-2-4-15(18)16(14)20-12-21-17/h2-4,12-13H,5-11H2,1H3,(H,19,20,21). The van der Waals surface area contributed by atoms with E-state index in [4.69, 9.17) is 4.74 Å². The largest absolute Gasteiger partial charge is 0.383 e. The summed E-state index contributed by atoms with van der Waals surface area (Å²) >= 11 is 0. The zero-order valence-corrected chi connectivity index (χ0v) is 13.5. The van der Waals surface area contributed by atoms with E-state index < -0.39 is 0 Å². The van der Waals surface area contributed by atoms with E-state index in [1.807, 2.05) is 6.07 Å². The molecule has 23 heavy (non-hydrogen) atoms. The van der Waals surface area contributed by atoms with E-state index in [2.05, 4.69) is 20.2 Å². The molecule has 0 bridgehead atoms. The third kappa shape index (κ3) is 3.95. The van der Waals surface area contributed by atoms with Crippen LogP contribution in [-0.4, -0.2) is 54.8 Å². The molecule has 0 saturated carbocycles. The summed E-state index contributed by atoms with van der Waals surface area (Å²) < 4.78 is 18.9. The van der Waals surface area contributed by atoms with Crippen molar-refractivity contribution < 1.29 is 9.13 Å². The van der Waals surface area contributed by atoms with Crippen LogP contribution in [-0.2, 0) is 4.74 Å². The first-order chi connectivity index (χ1) is 11.3. The van der Waals surface area contributed by atoms with Gasteiger partial charge in [0.1, 0.15) is 23.5 Å². The third-order valence-corrected chi connectivity index (χ3v) is 4.49. The first kappa shape index (κ1) is 16.1. The van der Waals surface area contributed by atoms with Crippen molar-refractivity contribution in [2.24, 2.45) is 5.92 Å². The fourth-order valence-corrected chi connectivity index (χ4v) is 3.07. The molecule has 0 atom stereocenters. The number of halogens is 1. The number of fused-ring (bicyclic) bond motifs is 1. The van der Waals surface area contributed by atoms with E-state index in [0.717, 1.165) is 56.8 Å². The lowest BCUT2D eigenvalue weighted by Crippen LogP contribution is -2.37. The Kier molecular flexibility index (Phi) is 5.35. The first-order valence-corrected chi connectivity index (χ1v) is 8.12. The minimum Gasteiger partial charge on any atom is -0.383 e. The van der Waals surface area contributed by atoms with Crippen molar-refractivity contribution in [2.75, 3.05) is 45.2 Å². The molecule has 2 aromatic rings. The van der Waals surface area contributed by atoms with Gasteiger partial charge < -0.3 is 15.0 Å². The fourth-order valence-electron chi connectivity index (χ4n) is 3.07. The van der Waals surface area contributed by atoms with E-state index in [9.17, 15) is 4.39 Å². The van der Waals surface area contributed by atoms with Crippen molar-refractivity contribution in [2.45, 2.75) is 12.8 Å². The van der Waals surface area contributed by atoms with Crippen LogP contribution >= 0.6 is 0 Å². The molecule has 1 fully saturated rings. The molecule has 3 rings (SSSR count). The number of anilines is 1. The van der Waals surface area contributed by atoms with Crippen molar-refractivity contribution in [3.05, 3.63) is 30.3 Å². The van der Waals surface area contributed by atoms with Gasteiger partial charge in [-0.05, 0) is 44.0 Å². The number of hydrogen-bond donors (Lipinski definition) is 1. The smallest absolute Gasteiger partial charge is 0.149 e. The molecule has 0 unspecified atom stereocenters. The molecule has 0 amide bonds. The molecule has 1 aliphatic rings. The first-order valence-electron chi connectivity index (χ1n) is 8.12. The van der Waals surface area contributed by atoms with Gasteiger partial charge >= 0.3 is 0 Å². The van der Waals surface area contributed by atoms with Crippen LogP contribution in [0.4, 0.5) is 10.2 Å². The summed E-state index contributed by atoms with van der Waals surface area (Å²) in [5.41, 5.74) is 0.374. The molecule has 1 aliphatic heterocycles. The van der Waals surface area contributed by atoms with Crippen molar-refractivity contribution in [3.63, 3.8) is 0 Å². The van der Waals surface area contributed by atoms with Crippen LogP contribution < -0.4 is 5.32 Å². The van der Waals surface area contributed by atoms with Gasteiger partial charge in [0.25, 0.3) is 0 Å². The Morgan fingerprint density at radius 1 is 1.30 bits per heavy atom. The van der Waals surface area contributed by atoms with Crippen molar-refractivity contribution in [3.8, 4) is 0 Å². The molecule has 1 N–H and O–H groups in total. The van der Waals surface area contributed by atoms with Crippen LogP contribution in [0.2, 0.25) is 0 Å². The average Bonchev–Trinajstić information content (AvgIpc) is 2.59. The predicted molar refractivity (Wildman–Crippen MR) is 89.0 cm³/mol. The van der Waals surface area contributed by atoms with E-state index in [1.54, 1.807) is 13.2 Å². The van der Waals surface area contributed by atoms with Gasteiger partial charge in [-0.2, -0.15) is 0 Å². The fraction of sp³-hybridized carbons (Fsp3) is 0.529. The quantitative estimate of drug-likeness (QED) is 0.887. The summed E-state index contributed by atoms with van der Waals surface area (Å²) in [6.45, 7) is 4.87. The number of nitrogens with zero attached hydrogens (tertiary/aromatic N) is 3. The van der Waals surface area contributed by atoms with Gasteiger partial charge in [0.05, 0.1) is 6.61 Å². The molecular weight excluding hydrogens is 295 g/mol. The number of methoxy groups -OCH3 is 1. The monoisotopic (exact) mass is 318 g/mol. The highest BCUT2D eigenvalue weighted by Gasteiger charge is 2.19. The highest BCUT2D eigenvalue weighted by atomic mass is 19.1. The van der Waals surface area contributed by atoms with Crippen LogP contribution in [0.5, 0.6) is 0 Å². The van der Waals surface area contributed by atoms with Gasteiger partial charge in [-0.15, -0.1) is 0 Å². The van der Waals surface area contributed by atoms with Crippen molar-refractivity contribution >= 4 is 16.7 Å². The maximum Gasteiger partial charge on any atom is 0.149 e. The number of nitrogens with one attached hydrogen (secondary N) is 1. The van der Waals surface area contributed by atoms with E-state index in [-0.39, 0.29) is 5.82 Å². The zero-order chi connectivity index (χ0) is 16.1. The topological polar surface area (TPSA) is 50.3 Å². The number of para-hydroxylation sites is 1. The van der Waals surface area contributed by atoms with Crippen LogP contribution in [0.1, 0.15) is 12.8 Å². The number of piperidine rings is 1. The lowest BCUT2D eigenvalue weighted by Gasteiger charge is -2.31. The normalized spacial score (nSPS) is 16.8. The number of aromatic nitrogens is 2. The summed E-state index contributed by atoms with van der Waals surface area (Å²) in [4.78, 5) is 10.7. The Balaban J connectivity index is 1.57. The SMILES string of the molecule is COCCN1CCC(CNc2ncnc3c(F)cccc23)CC1. The number of hydrogen-bond acceptors (Lipinski definition) is 5. The summed E-state index contributed by atoms with van der Waals surface area (Å²) in [5.74, 6) is 1.03. The lowest BCUT2D eigenvalue weighted by molar-refractivity contribution is 0.122. The van der Waals surface area contributed by atoms with E-state index >= 15 is 0 Å². The third-order valence-electron chi connectivity index (χ3n) is 4.49. The Morgan fingerprint density at radius 3 is 2.91 bits per heavy atom. The van der Waals surface area contributed by atoms with Gasteiger partial charge in [-0.1, -0.05) is 6.07 Å². The molecule has 1 aromatic carbocycles. The maximum atomic E-state index is 13.8. The molecular formula is C17H23FN4O. The molecule has 0 spiro atoms. The molecule has 2 heterocycles. The molecule has 0 radical (unpaired) electrons. The van der Waals surface area contributed by atoms with Crippen LogP contribution in [0.3, 0.4) is 0 Å². The predicted octanol–water partition coefficient (Wildman–Crippen LogP) is 2.54. The summed E-state index contributed by atoms with van der Waals surface area (Å²) in [5, 5.41) is 4.12. The molecule has 1 saturated heterocycles. The molecule has 124 valence electrons. The van der Waals surface area contributed by atoms with Crippen LogP contribution in [0.25, 0.3) is 10.9 Å². The van der Waals surface area contributed by atoms with E-state index in [1.165, 1.54) is 12.4 Å². The number of likely N-dealkylation sites (tertiary alicyclic amines) is 1. The highest BCUT2D eigenvalue weighted by molar-refractivity contribution is 5.89. The van der Waals surface area contributed by atoms with Gasteiger partial charge in [0.15, 0.2) is 0 Å². The van der Waals surface area contributed by atoms with Crippen molar-refractivity contribution in [1.29, 1.82) is 0 Å². The Labute approximate surface area is 135 Å². The minimum atomic E-state index is -0.306. The molecule has 1 aromatic heterocycles. The number of rotatable bonds is 6. The average molecular weight is 318 g/mol. The molecule has 0 aliphatic carbocycles. The zero-order valence-electron chi connectivity index (χ0n) is 13.5. The second-order valence-electron chi connectivity index (χ2n) is 6.02. The van der Waals surface area contributed by atoms with Gasteiger partial charge in [-0.3, -0.25) is 0 Å². The summed E-state index contributed by atoms with van der Waals surface area (Å²) in [7, 11) is 1.74. The van der Waals surface area contributed by atoms with E-state index in [0.29, 0.717) is 11.4 Å². The van der Waals surface area contributed by atoms with Crippen LogP contribution in [0.15, 0.2) is 24.5 Å². The Morgan fingerprint density at radius 2 is 2.13 bits per heavy atom. The Bertz CT molecular complexity index is 644.